The Kier molecular flexibility index (Phi) is 3.85. The third-order valence-corrected chi connectivity index (χ3v) is 2.78. The SMILES string of the molecule is OC(Cc1c(F)cccc1F)c1ccc(F)cc1F. The first-order chi connectivity index (χ1) is 8.99. The highest BCUT2D eigenvalue weighted by Crippen LogP contribution is 2.24. The smallest absolute Gasteiger partial charge is 0.131 e. The Balaban J connectivity index is 2.28. The van der Waals surface area contributed by atoms with Crippen molar-refractivity contribution in [3.8, 4) is 0 Å². The van der Waals surface area contributed by atoms with Gasteiger partial charge in [0.05, 0.1) is 6.10 Å². The van der Waals surface area contributed by atoms with Crippen molar-refractivity contribution in [3.05, 3.63) is 70.8 Å². The van der Waals surface area contributed by atoms with Gasteiger partial charge in [-0.15, -0.1) is 0 Å². The van der Waals surface area contributed by atoms with E-state index in [0.717, 1.165) is 24.3 Å². The summed E-state index contributed by atoms with van der Waals surface area (Å²) < 4.78 is 52.9. The zero-order valence-electron chi connectivity index (χ0n) is 9.71. The molecule has 0 saturated carbocycles. The molecule has 0 aliphatic carbocycles. The molecule has 0 aromatic heterocycles. The summed E-state index contributed by atoms with van der Waals surface area (Å²) >= 11 is 0. The summed E-state index contributed by atoms with van der Waals surface area (Å²) in [5.74, 6) is -3.38. The van der Waals surface area contributed by atoms with Gasteiger partial charge in [0, 0.05) is 23.6 Å². The molecule has 100 valence electrons. The van der Waals surface area contributed by atoms with Gasteiger partial charge in [-0.1, -0.05) is 12.1 Å². The van der Waals surface area contributed by atoms with Gasteiger partial charge in [0.25, 0.3) is 0 Å². The highest BCUT2D eigenvalue weighted by atomic mass is 19.1. The predicted molar refractivity (Wildman–Crippen MR) is 61.4 cm³/mol. The molecule has 2 rings (SSSR count). The molecule has 2 aromatic carbocycles. The van der Waals surface area contributed by atoms with Crippen LogP contribution in [0, 0.1) is 23.3 Å². The summed E-state index contributed by atoms with van der Waals surface area (Å²) in [4.78, 5) is 0. The average molecular weight is 270 g/mol. The Morgan fingerprint density at radius 2 is 1.53 bits per heavy atom. The molecule has 1 nitrogen and oxygen atoms in total. The lowest BCUT2D eigenvalue weighted by Crippen LogP contribution is -2.07. The summed E-state index contributed by atoms with van der Waals surface area (Å²) in [6.45, 7) is 0. The Labute approximate surface area is 107 Å². The Bertz CT molecular complexity index is 578. The first-order valence-electron chi connectivity index (χ1n) is 5.55. The van der Waals surface area contributed by atoms with E-state index in [1.54, 1.807) is 0 Å². The Hall–Kier alpha value is -1.88. The van der Waals surface area contributed by atoms with Crippen LogP contribution in [-0.4, -0.2) is 5.11 Å². The van der Waals surface area contributed by atoms with Gasteiger partial charge in [0.15, 0.2) is 0 Å². The van der Waals surface area contributed by atoms with Crippen LogP contribution in [0.2, 0.25) is 0 Å². The van der Waals surface area contributed by atoms with Crippen molar-refractivity contribution in [2.45, 2.75) is 12.5 Å². The number of hydrogen-bond donors (Lipinski definition) is 1. The molecule has 0 aliphatic rings. The summed E-state index contributed by atoms with van der Waals surface area (Å²) in [5.41, 5.74) is -0.539. The molecule has 5 heteroatoms. The molecule has 2 aromatic rings. The van der Waals surface area contributed by atoms with Crippen LogP contribution < -0.4 is 0 Å². The van der Waals surface area contributed by atoms with Gasteiger partial charge < -0.3 is 5.11 Å². The Morgan fingerprint density at radius 3 is 2.11 bits per heavy atom. The highest BCUT2D eigenvalue weighted by Gasteiger charge is 2.18. The first kappa shape index (κ1) is 13.5. The zero-order chi connectivity index (χ0) is 14.0. The first-order valence-corrected chi connectivity index (χ1v) is 5.55. The molecule has 1 atom stereocenters. The van der Waals surface area contributed by atoms with Crippen molar-refractivity contribution in [2.24, 2.45) is 0 Å². The third-order valence-electron chi connectivity index (χ3n) is 2.78. The second-order valence-electron chi connectivity index (χ2n) is 4.09. The van der Waals surface area contributed by atoms with Crippen molar-refractivity contribution >= 4 is 0 Å². The summed E-state index contributed by atoms with van der Waals surface area (Å²) in [7, 11) is 0. The molecule has 0 spiro atoms. The van der Waals surface area contributed by atoms with Crippen molar-refractivity contribution in [1.29, 1.82) is 0 Å². The van der Waals surface area contributed by atoms with Gasteiger partial charge in [0.1, 0.15) is 23.3 Å². The zero-order valence-corrected chi connectivity index (χ0v) is 9.71. The molecular weight excluding hydrogens is 260 g/mol. The standard InChI is InChI=1S/C14H10F4O/c15-8-4-5-9(13(18)6-8)14(19)7-10-11(16)2-1-3-12(10)17/h1-6,14,19H,7H2. The van der Waals surface area contributed by atoms with Gasteiger partial charge in [0.2, 0.25) is 0 Å². The number of benzene rings is 2. The fourth-order valence-electron chi connectivity index (χ4n) is 1.80. The van der Waals surface area contributed by atoms with E-state index in [2.05, 4.69) is 0 Å². The monoisotopic (exact) mass is 270 g/mol. The lowest BCUT2D eigenvalue weighted by Gasteiger charge is -2.13. The molecule has 0 radical (unpaired) electrons. The van der Waals surface area contributed by atoms with Gasteiger partial charge in [-0.2, -0.15) is 0 Å². The molecule has 0 heterocycles. The summed E-state index contributed by atoms with van der Waals surface area (Å²) in [6, 6.07) is 5.92. The van der Waals surface area contributed by atoms with E-state index in [4.69, 9.17) is 0 Å². The van der Waals surface area contributed by atoms with Crippen molar-refractivity contribution < 1.29 is 22.7 Å². The molecule has 0 aliphatic heterocycles. The second-order valence-corrected chi connectivity index (χ2v) is 4.09. The summed E-state index contributed by atoms with van der Waals surface area (Å²) in [6.07, 6.45) is -1.88. The maximum atomic E-state index is 13.4. The van der Waals surface area contributed by atoms with Gasteiger partial charge in [-0.05, 0) is 18.2 Å². The normalized spacial score (nSPS) is 12.5. The molecule has 0 bridgehead atoms. The molecular formula is C14H10F4O. The van der Waals surface area contributed by atoms with E-state index in [-0.39, 0.29) is 11.1 Å². The topological polar surface area (TPSA) is 20.2 Å². The fraction of sp³-hybridized carbons (Fsp3) is 0.143. The minimum Gasteiger partial charge on any atom is -0.388 e. The van der Waals surface area contributed by atoms with E-state index < -0.39 is 35.8 Å². The fourth-order valence-corrected chi connectivity index (χ4v) is 1.80. The second kappa shape index (κ2) is 5.40. The molecule has 0 saturated heterocycles. The third kappa shape index (κ3) is 2.93. The van der Waals surface area contributed by atoms with Crippen LogP contribution >= 0.6 is 0 Å². The van der Waals surface area contributed by atoms with Crippen molar-refractivity contribution in [1.82, 2.24) is 0 Å². The van der Waals surface area contributed by atoms with E-state index in [1.807, 2.05) is 0 Å². The maximum Gasteiger partial charge on any atom is 0.131 e. The van der Waals surface area contributed by atoms with E-state index in [1.165, 1.54) is 6.07 Å². The largest absolute Gasteiger partial charge is 0.388 e. The van der Waals surface area contributed by atoms with Crippen LogP contribution in [-0.2, 0) is 6.42 Å². The molecule has 0 fully saturated rings. The Morgan fingerprint density at radius 1 is 0.895 bits per heavy atom. The molecule has 1 unspecified atom stereocenters. The number of halogens is 4. The van der Waals surface area contributed by atoms with Gasteiger partial charge in [-0.25, -0.2) is 17.6 Å². The van der Waals surface area contributed by atoms with Crippen LogP contribution in [0.15, 0.2) is 36.4 Å². The molecule has 0 amide bonds. The lowest BCUT2D eigenvalue weighted by atomic mass is 10.00. The van der Waals surface area contributed by atoms with Gasteiger partial charge >= 0.3 is 0 Å². The predicted octanol–water partition coefficient (Wildman–Crippen LogP) is 3.52. The van der Waals surface area contributed by atoms with Crippen LogP contribution in [0.5, 0.6) is 0 Å². The maximum absolute atomic E-state index is 13.4. The van der Waals surface area contributed by atoms with Crippen LogP contribution in [0.1, 0.15) is 17.2 Å². The van der Waals surface area contributed by atoms with Crippen LogP contribution in [0.3, 0.4) is 0 Å². The highest BCUT2D eigenvalue weighted by molar-refractivity contribution is 5.26. The van der Waals surface area contributed by atoms with E-state index in [0.29, 0.717) is 6.07 Å². The number of hydrogen-bond acceptors (Lipinski definition) is 1. The average Bonchev–Trinajstić information content (AvgIpc) is 2.33. The van der Waals surface area contributed by atoms with E-state index in [9.17, 15) is 22.7 Å². The number of rotatable bonds is 3. The van der Waals surface area contributed by atoms with Crippen molar-refractivity contribution in [2.75, 3.05) is 0 Å². The van der Waals surface area contributed by atoms with Crippen LogP contribution in [0.25, 0.3) is 0 Å². The summed E-state index contributed by atoms with van der Waals surface area (Å²) in [5, 5.41) is 9.80. The van der Waals surface area contributed by atoms with Crippen LogP contribution in [0.4, 0.5) is 17.6 Å². The number of aliphatic hydroxyl groups is 1. The minimum absolute atomic E-state index is 0.205. The van der Waals surface area contributed by atoms with E-state index >= 15 is 0 Å². The molecule has 1 N–H and O–H groups in total. The van der Waals surface area contributed by atoms with Crippen molar-refractivity contribution in [3.63, 3.8) is 0 Å². The molecule has 19 heavy (non-hydrogen) atoms. The quantitative estimate of drug-likeness (QED) is 0.846. The minimum atomic E-state index is -1.45. The van der Waals surface area contributed by atoms with Gasteiger partial charge in [-0.3, -0.25) is 0 Å². The number of aliphatic hydroxyl groups excluding tert-OH is 1. The lowest BCUT2D eigenvalue weighted by molar-refractivity contribution is 0.170.